The number of ether oxygens (including phenoxy) is 2. The number of benzene rings is 2. The van der Waals surface area contributed by atoms with Gasteiger partial charge < -0.3 is 14.4 Å². The van der Waals surface area contributed by atoms with E-state index in [4.69, 9.17) is 9.47 Å². The third kappa shape index (κ3) is 3.19. The fourth-order valence-corrected chi connectivity index (χ4v) is 4.53. The Morgan fingerprint density at radius 1 is 1.00 bits per heavy atom. The summed E-state index contributed by atoms with van der Waals surface area (Å²) < 4.78 is 38.6. The van der Waals surface area contributed by atoms with Crippen LogP contribution in [-0.4, -0.2) is 42.9 Å². The van der Waals surface area contributed by atoms with Crippen molar-refractivity contribution in [1.29, 1.82) is 0 Å². The first-order valence-electron chi connectivity index (χ1n) is 8.77. The van der Waals surface area contributed by atoms with Gasteiger partial charge in [-0.25, -0.2) is 13.8 Å². The van der Waals surface area contributed by atoms with E-state index in [9.17, 15) is 8.78 Å². The van der Waals surface area contributed by atoms with Crippen LogP contribution in [0.4, 0.5) is 13.9 Å². The second-order valence-electron chi connectivity index (χ2n) is 6.68. The van der Waals surface area contributed by atoms with Gasteiger partial charge in [0, 0.05) is 38.8 Å². The predicted molar refractivity (Wildman–Crippen MR) is 99.6 cm³/mol. The normalized spacial score (nSPS) is 17.0. The first kappa shape index (κ1) is 16.7. The number of rotatable bonds is 3. The van der Waals surface area contributed by atoms with Crippen LogP contribution in [0.15, 0.2) is 30.3 Å². The number of hydrogen-bond donors (Lipinski definition) is 0. The molecule has 3 heterocycles. The molecule has 0 radical (unpaired) electrons. The number of piperazine rings is 1. The van der Waals surface area contributed by atoms with Crippen LogP contribution in [-0.2, 0) is 6.54 Å². The molecular formula is C19H17F2N3O2S. The molecule has 0 unspecified atom stereocenters. The molecule has 2 aliphatic rings. The summed E-state index contributed by atoms with van der Waals surface area (Å²) >= 11 is 1.34. The summed E-state index contributed by atoms with van der Waals surface area (Å²) in [6, 6.07) is 8.26. The summed E-state index contributed by atoms with van der Waals surface area (Å²) in [4.78, 5) is 8.88. The van der Waals surface area contributed by atoms with Gasteiger partial charge in [0.15, 0.2) is 22.4 Å². The van der Waals surface area contributed by atoms with Gasteiger partial charge in [0.05, 0.1) is 4.70 Å². The Balaban J connectivity index is 1.26. The fourth-order valence-electron chi connectivity index (χ4n) is 3.48. The van der Waals surface area contributed by atoms with E-state index < -0.39 is 11.6 Å². The van der Waals surface area contributed by atoms with E-state index in [1.165, 1.54) is 23.0 Å². The number of hydrogen-bond acceptors (Lipinski definition) is 6. The van der Waals surface area contributed by atoms with Gasteiger partial charge in [-0.3, -0.25) is 4.90 Å². The summed E-state index contributed by atoms with van der Waals surface area (Å²) in [6.07, 6.45) is 0. The van der Waals surface area contributed by atoms with Crippen LogP contribution in [0.5, 0.6) is 11.5 Å². The Bertz CT molecular complexity index is 1000. The van der Waals surface area contributed by atoms with Gasteiger partial charge >= 0.3 is 0 Å². The van der Waals surface area contributed by atoms with Crippen molar-refractivity contribution >= 4 is 26.7 Å². The van der Waals surface area contributed by atoms with Crippen LogP contribution in [0, 0.1) is 11.6 Å². The summed E-state index contributed by atoms with van der Waals surface area (Å²) in [7, 11) is 0. The average Bonchev–Trinajstić information content (AvgIpc) is 3.28. The predicted octanol–water partition coefficient (Wildman–Crippen LogP) is 3.63. The lowest BCUT2D eigenvalue weighted by Crippen LogP contribution is -2.45. The van der Waals surface area contributed by atoms with Crippen LogP contribution >= 0.6 is 11.3 Å². The molecule has 140 valence electrons. The lowest BCUT2D eigenvalue weighted by Gasteiger charge is -2.34. The van der Waals surface area contributed by atoms with Crippen molar-refractivity contribution in [2.24, 2.45) is 0 Å². The molecule has 0 atom stereocenters. The van der Waals surface area contributed by atoms with Crippen molar-refractivity contribution < 1.29 is 18.3 Å². The minimum absolute atomic E-state index is 0.249. The van der Waals surface area contributed by atoms with E-state index in [0.29, 0.717) is 4.70 Å². The third-order valence-electron chi connectivity index (χ3n) is 4.89. The average molecular weight is 389 g/mol. The number of anilines is 1. The second-order valence-corrected chi connectivity index (χ2v) is 7.69. The molecule has 0 N–H and O–H groups in total. The zero-order valence-electron chi connectivity index (χ0n) is 14.5. The van der Waals surface area contributed by atoms with Gasteiger partial charge in [-0.1, -0.05) is 17.4 Å². The highest BCUT2D eigenvalue weighted by Crippen LogP contribution is 2.34. The molecule has 3 aromatic rings. The quantitative estimate of drug-likeness (QED) is 0.684. The van der Waals surface area contributed by atoms with E-state index in [1.54, 1.807) is 0 Å². The smallest absolute Gasteiger partial charge is 0.231 e. The lowest BCUT2D eigenvalue weighted by atomic mass is 10.1. The van der Waals surface area contributed by atoms with Gasteiger partial charge in [0.25, 0.3) is 0 Å². The molecule has 0 spiro atoms. The Hall–Kier alpha value is -2.45. The number of thiazole rings is 1. The standard InChI is InChI=1S/C19H17F2N3O2S/c20-13-8-14(21)18-17(9-13)27-19(22-18)24-5-3-23(4-6-24)10-12-1-2-15-16(7-12)26-11-25-15/h1-2,7-9H,3-6,10-11H2. The number of aromatic nitrogens is 1. The molecule has 2 aliphatic heterocycles. The Kier molecular flexibility index (Phi) is 4.09. The first-order chi connectivity index (χ1) is 13.2. The molecule has 1 aromatic heterocycles. The minimum atomic E-state index is -0.603. The van der Waals surface area contributed by atoms with Crippen molar-refractivity contribution in [2.45, 2.75) is 6.54 Å². The fraction of sp³-hybridized carbons (Fsp3) is 0.316. The van der Waals surface area contributed by atoms with Crippen LogP contribution in [0.1, 0.15) is 5.56 Å². The molecule has 0 bridgehead atoms. The molecule has 1 saturated heterocycles. The molecule has 1 fully saturated rings. The minimum Gasteiger partial charge on any atom is -0.454 e. The third-order valence-corrected chi connectivity index (χ3v) is 5.95. The molecule has 27 heavy (non-hydrogen) atoms. The largest absolute Gasteiger partial charge is 0.454 e. The zero-order chi connectivity index (χ0) is 18.4. The van der Waals surface area contributed by atoms with Crippen molar-refractivity contribution in [3.63, 3.8) is 0 Å². The molecule has 2 aromatic carbocycles. The van der Waals surface area contributed by atoms with Gasteiger partial charge in [-0.05, 0) is 23.8 Å². The highest BCUT2D eigenvalue weighted by molar-refractivity contribution is 7.22. The number of nitrogens with zero attached hydrogens (tertiary/aromatic N) is 3. The maximum atomic E-state index is 13.9. The van der Waals surface area contributed by atoms with E-state index >= 15 is 0 Å². The molecule has 0 amide bonds. The second kappa shape index (κ2) is 6.61. The molecular weight excluding hydrogens is 372 g/mol. The first-order valence-corrected chi connectivity index (χ1v) is 9.59. The molecule has 8 heteroatoms. The van der Waals surface area contributed by atoms with Crippen molar-refractivity contribution in [3.05, 3.63) is 47.5 Å². The SMILES string of the molecule is Fc1cc(F)c2nc(N3CCN(Cc4ccc5c(c4)OCO5)CC3)sc2c1. The highest BCUT2D eigenvalue weighted by atomic mass is 32.1. The number of fused-ring (bicyclic) bond motifs is 2. The Morgan fingerprint density at radius 3 is 2.67 bits per heavy atom. The van der Waals surface area contributed by atoms with Crippen LogP contribution in [0.25, 0.3) is 10.2 Å². The van der Waals surface area contributed by atoms with E-state index in [1.807, 2.05) is 12.1 Å². The highest BCUT2D eigenvalue weighted by Gasteiger charge is 2.22. The van der Waals surface area contributed by atoms with Crippen LogP contribution in [0.3, 0.4) is 0 Å². The van der Waals surface area contributed by atoms with E-state index in [2.05, 4.69) is 20.9 Å². The Labute approximate surface area is 158 Å². The number of halogens is 2. The van der Waals surface area contributed by atoms with Crippen LogP contribution in [0.2, 0.25) is 0 Å². The van der Waals surface area contributed by atoms with Gasteiger partial charge in [0.1, 0.15) is 11.3 Å². The van der Waals surface area contributed by atoms with Gasteiger partial charge in [-0.2, -0.15) is 0 Å². The topological polar surface area (TPSA) is 37.8 Å². The summed E-state index contributed by atoms with van der Waals surface area (Å²) in [5.74, 6) is 0.427. The monoisotopic (exact) mass is 389 g/mol. The Morgan fingerprint density at radius 2 is 1.81 bits per heavy atom. The lowest BCUT2D eigenvalue weighted by molar-refractivity contribution is 0.174. The summed E-state index contributed by atoms with van der Waals surface area (Å²) in [5.41, 5.74) is 1.43. The zero-order valence-corrected chi connectivity index (χ0v) is 15.3. The maximum absolute atomic E-state index is 13.9. The molecule has 0 aliphatic carbocycles. The van der Waals surface area contributed by atoms with Crippen molar-refractivity contribution in [2.75, 3.05) is 37.9 Å². The van der Waals surface area contributed by atoms with Gasteiger partial charge in [-0.15, -0.1) is 0 Å². The maximum Gasteiger partial charge on any atom is 0.231 e. The van der Waals surface area contributed by atoms with Crippen molar-refractivity contribution in [3.8, 4) is 11.5 Å². The van der Waals surface area contributed by atoms with Gasteiger partial charge in [0.2, 0.25) is 6.79 Å². The van der Waals surface area contributed by atoms with E-state index in [0.717, 1.165) is 55.4 Å². The van der Waals surface area contributed by atoms with Crippen molar-refractivity contribution in [1.82, 2.24) is 9.88 Å². The molecule has 5 rings (SSSR count). The summed E-state index contributed by atoms with van der Waals surface area (Å²) in [6.45, 7) is 4.47. The molecule has 0 saturated carbocycles. The summed E-state index contributed by atoms with van der Waals surface area (Å²) in [5, 5.41) is 0.747. The molecule has 5 nitrogen and oxygen atoms in total. The van der Waals surface area contributed by atoms with Crippen LogP contribution < -0.4 is 14.4 Å². The van der Waals surface area contributed by atoms with E-state index in [-0.39, 0.29) is 12.3 Å².